The highest BCUT2D eigenvalue weighted by atomic mass is 19.4. The molecular weight excluding hydrogens is 854 g/mol. The molecule has 2 heterocycles. The quantitative estimate of drug-likeness (QED) is 0.123. The second-order valence-electron chi connectivity index (χ2n) is 13.6. The van der Waals surface area contributed by atoms with Crippen LogP contribution >= 0.6 is 0 Å². The molecule has 0 aliphatic rings. The molecule has 314 valence electrons. The van der Waals surface area contributed by atoms with Crippen molar-refractivity contribution in [2.75, 3.05) is 9.80 Å². The lowest BCUT2D eigenvalue weighted by molar-refractivity contribution is -0.144. The number of nitrogens with zero attached hydrogens (tertiary/aromatic N) is 2. The SMILES string of the molecule is Fc1c(F)c(C(F)(F)F)c(F)c(F)c1N(c1ccc(N(c2c(F)c(F)c(C(F)(F)F)c(F)c2F)c2cccc3c2oc2ccccc23)cc1)c1cccc2c1oc1ccccc12. The molecule has 18 heteroatoms. The van der Waals surface area contributed by atoms with E-state index in [0.717, 1.165) is 36.4 Å². The molecule has 7 aromatic carbocycles. The largest absolute Gasteiger partial charge is 0.454 e. The third-order valence-corrected chi connectivity index (χ3v) is 10.1. The zero-order valence-corrected chi connectivity index (χ0v) is 30.4. The van der Waals surface area contributed by atoms with E-state index in [9.17, 15) is 26.3 Å². The maximum Gasteiger partial charge on any atom is 0.422 e. The lowest BCUT2D eigenvalue weighted by atomic mass is 10.1. The standard InChI is InChI=1S/C44H18F14N2O2/c45-31-29(43(53,54)55)32(46)36(50)39(35(31)49)59(25-11-5-9-23-21-7-1-3-13-27(21)61-41(23)25)19-15-17-20(18-16-19)60(40-37(51)33(47)30(44(56,57)58)34(48)38(40)52)26-12-6-10-24-22-8-2-4-14-28(22)62-42(24)26/h1-18H. The van der Waals surface area contributed by atoms with Gasteiger partial charge in [0.05, 0.1) is 11.4 Å². The van der Waals surface area contributed by atoms with E-state index < -0.39 is 104 Å². The summed E-state index contributed by atoms with van der Waals surface area (Å²) >= 11 is 0. The summed E-state index contributed by atoms with van der Waals surface area (Å²) in [6, 6.07) is 23.9. The summed E-state index contributed by atoms with van der Waals surface area (Å²) in [7, 11) is 0. The van der Waals surface area contributed by atoms with Crippen LogP contribution in [0.2, 0.25) is 0 Å². The number of rotatable bonds is 6. The van der Waals surface area contributed by atoms with E-state index in [0.29, 0.717) is 20.6 Å². The van der Waals surface area contributed by atoms with E-state index in [-0.39, 0.29) is 33.1 Å². The summed E-state index contributed by atoms with van der Waals surface area (Å²) < 4.78 is 219. The van der Waals surface area contributed by atoms with Crippen LogP contribution in [0.15, 0.2) is 118 Å². The molecule has 0 radical (unpaired) electrons. The first-order valence-corrected chi connectivity index (χ1v) is 17.8. The summed E-state index contributed by atoms with van der Waals surface area (Å²) in [6.07, 6.45) is -11.8. The van der Waals surface area contributed by atoms with Gasteiger partial charge in [-0.25, -0.2) is 35.1 Å². The van der Waals surface area contributed by atoms with Crippen molar-refractivity contribution < 1.29 is 70.3 Å². The van der Waals surface area contributed by atoms with Crippen LogP contribution in [0, 0.1) is 46.5 Å². The summed E-state index contributed by atoms with van der Waals surface area (Å²) in [6.45, 7) is 0. The molecule has 0 unspecified atom stereocenters. The molecule has 0 fully saturated rings. The molecule has 0 aliphatic carbocycles. The van der Waals surface area contributed by atoms with Gasteiger partial charge in [0.1, 0.15) is 33.7 Å². The van der Waals surface area contributed by atoms with Crippen molar-refractivity contribution in [3.8, 4) is 0 Å². The van der Waals surface area contributed by atoms with Gasteiger partial charge in [0, 0.05) is 32.9 Å². The summed E-state index contributed by atoms with van der Waals surface area (Å²) in [5.74, 6) is -21.3. The van der Waals surface area contributed by atoms with Crippen LogP contribution in [-0.4, -0.2) is 0 Å². The van der Waals surface area contributed by atoms with Gasteiger partial charge in [0.25, 0.3) is 0 Å². The molecule has 62 heavy (non-hydrogen) atoms. The first-order valence-electron chi connectivity index (χ1n) is 17.8. The second kappa shape index (κ2) is 14.2. The number of anilines is 6. The number of furan rings is 2. The zero-order valence-electron chi connectivity index (χ0n) is 30.4. The molecule has 0 aliphatic heterocycles. The Morgan fingerprint density at radius 2 is 0.645 bits per heavy atom. The fourth-order valence-corrected chi connectivity index (χ4v) is 7.48. The normalized spacial score (nSPS) is 12.4. The van der Waals surface area contributed by atoms with Gasteiger partial charge in [-0.3, -0.25) is 0 Å². The van der Waals surface area contributed by atoms with E-state index in [1.54, 1.807) is 36.4 Å². The summed E-state index contributed by atoms with van der Waals surface area (Å²) in [5, 5.41) is 1.38. The number of hydrogen-bond donors (Lipinski definition) is 0. The molecule has 0 saturated carbocycles. The topological polar surface area (TPSA) is 32.8 Å². The third-order valence-electron chi connectivity index (χ3n) is 10.1. The van der Waals surface area contributed by atoms with Crippen molar-refractivity contribution in [1.82, 2.24) is 0 Å². The van der Waals surface area contributed by atoms with Crippen molar-refractivity contribution in [2.45, 2.75) is 12.4 Å². The fraction of sp³-hybridized carbons (Fsp3) is 0.0455. The van der Waals surface area contributed by atoms with Gasteiger partial charge in [-0.05, 0) is 48.5 Å². The van der Waals surface area contributed by atoms with Crippen molar-refractivity contribution in [3.63, 3.8) is 0 Å². The number of para-hydroxylation sites is 4. The Hall–Kier alpha value is -7.24. The Morgan fingerprint density at radius 1 is 0.339 bits per heavy atom. The maximum atomic E-state index is 16.0. The van der Waals surface area contributed by atoms with Crippen molar-refractivity contribution >= 4 is 78.0 Å². The predicted molar refractivity (Wildman–Crippen MR) is 200 cm³/mol. The maximum absolute atomic E-state index is 16.0. The van der Waals surface area contributed by atoms with Gasteiger partial charge in [-0.1, -0.05) is 60.7 Å². The van der Waals surface area contributed by atoms with Gasteiger partial charge in [0.15, 0.2) is 57.7 Å². The number of halogens is 14. The number of alkyl halides is 6. The lowest BCUT2D eigenvalue weighted by Crippen LogP contribution is -2.21. The van der Waals surface area contributed by atoms with Gasteiger partial charge in [0.2, 0.25) is 0 Å². The Labute approximate surface area is 337 Å². The first-order chi connectivity index (χ1) is 29.4. The molecule has 0 amide bonds. The first kappa shape index (κ1) is 40.2. The molecule has 9 rings (SSSR count). The monoisotopic (exact) mass is 872 g/mol. The Kier molecular flexibility index (Phi) is 9.18. The summed E-state index contributed by atoms with van der Waals surface area (Å²) in [4.78, 5) is 0.906. The van der Waals surface area contributed by atoms with E-state index in [2.05, 4.69) is 0 Å². The van der Waals surface area contributed by atoms with Crippen molar-refractivity contribution in [3.05, 3.63) is 167 Å². The molecular formula is C44H18F14N2O2. The second-order valence-corrected chi connectivity index (χ2v) is 13.6. The van der Waals surface area contributed by atoms with E-state index in [4.69, 9.17) is 8.83 Å². The highest BCUT2D eigenvalue weighted by Gasteiger charge is 2.45. The van der Waals surface area contributed by atoms with Crippen LogP contribution in [0.1, 0.15) is 11.1 Å². The lowest BCUT2D eigenvalue weighted by Gasteiger charge is -2.29. The minimum atomic E-state index is -5.91. The minimum Gasteiger partial charge on any atom is -0.454 e. The van der Waals surface area contributed by atoms with Crippen LogP contribution < -0.4 is 9.80 Å². The van der Waals surface area contributed by atoms with Gasteiger partial charge < -0.3 is 18.6 Å². The Balaban J connectivity index is 1.32. The third kappa shape index (κ3) is 6.06. The minimum absolute atomic E-state index is 0.199. The highest BCUT2D eigenvalue weighted by Crippen LogP contribution is 2.50. The van der Waals surface area contributed by atoms with Gasteiger partial charge in [-0.15, -0.1) is 0 Å². The number of benzene rings is 7. The highest BCUT2D eigenvalue weighted by molar-refractivity contribution is 6.11. The van der Waals surface area contributed by atoms with E-state index in [1.807, 2.05) is 0 Å². The Bertz CT molecular complexity index is 3000. The zero-order chi connectivity index (χ0) is 44.2. The number of hydrogen-bond acceptors (Lipinski definition) is 4. The van der Waals surface area contributed by atoms with Crippen LogP contribution in [0.4, 0.5) is 95.6 Å². The summed E-state index contributed by atoms with van der Waals surface area (Å²) in [5.41, 5.74) is -11.0. The fourth-order valence-electron chi connectivity index (χ4n) is 7.48. The molecule has 9 aromatic rings. The van der Waals surface area contributed by atoms with Crippen LogP contribution in [0.25, 0.3) is 43.9 Å². The molecule has 0 saturated heterocycles. The molecule has 0 atom stereocenters. The average molecular weight is 873 g/mol. The molecule has 2 aromatic heterocycles. The average Bonchev–Trinajstić information content (AvgIpc) is 3.81. The molecule has 4 nitrogen and oxygen atoms in total. The molecule has 0 bridgehead atoms. The van der Waals surface area contributed by atoms with Gasteiger partial charge in [-0.2, -0.15) is 26.3 Å². The van der Waals surface area contributed by atoms with Gasteiger partial charge >= 0.3 is 12.4 Å². The number of fused-ring (bicyclic) bond motifs is 6. The van der Waals surface area contributed by atoms with Crippen molar-refractivity contribution in [2.24, 2.45) is 0 Å². The molecule has 0 N–H and O–H groups in total. The van der Waals surface area contributed by atoms with Crippen LogP contribution in [-0.2, 0) is 12.4 Å². The van der Waals surface area contributed by atoms with E-state index in [1.165, 1.54) is 36.4 Å². The van der Waals surface area contributed by atoms with Crippen LogP contribution in [0.5, 0.6) is 0 Å². The Morgan fingerprint density at radius 3 is 0.968 bits per heavy atom. The molecule has 0 spiro atoms. The predicted octanol–water partition coefficient (Wildman–Crippen LogP) is 15.6. The van der Waals surface area contributed by atoms with E-state index >= 15 is 35.1 Å². The van der Waals surface area contributed by atoms with Crippen molar-refractivity contribution in [1.29, 1.82) is 0 Å². The smallest absolute Gasteiger partial charge is 0.422 e. The van der Waals surface area contributed by atoms with Crippen LogP contribution in [0.3, 0.4) is 0 Å².